The van der Waals surface area contributed by atoms with E-state index < -0.39 is 17.6 Å². The van der Waals surface area contributed by atoms with Gasteiger partial charge in [0.15, 0.2) is 0 Å². The molecule has 0 aromatic heterocycles. The van der Waals surface area contributed by atoms with Crippen molar-refractivity contribution in [3.05, 3.63) is 41.5 Å². The van der Waals surface area contributed by atoms with Crippen LogP contribution in [-0.2, 0) is 6.18 Å². The normalized spacial score (nSPS) is 15.3. The van der Waals surface area contributed by atoms with Gasteiger partial charge in [-0.15, -0.1) is 0 Å². The first-order valence-electron chi connectivity index (χ1n) is 5.56. The number of hydrogen-bond acceptors (Lipinski definition) is 1. The van der Waals surface area contributed by atoms with Crippen LogP contribution in [-0.4, -0.2) is 11.9 Å². The monoisotopic (exact) mass is 255 g/mol. The van der Waals surface area contributed by atoms with E-state index in [0.29, 0.717) is 5.56 Å². The van der Waals surface area contributed by atoms with E-state index in [4.69, 9.17) is 0 Å². The molecule has 0 saturated heterocycles. The number of amides is 1. The van der Waals surface area contributed by atoms with Gasteiger partial charge < -0.3 is 5.32 Å². The van der Waals surface area contributed by atoms with E-state index in [9.17, 15) is 18.0 Å². The summed E-state index contributed by atoms with van der Waals surface area (Å²) in [7, 11) is 0. The van der Waals surface area contributed by atoms with Crippen molar-refractivity contribution < 1.29 is 18.0 Å². The summed E-state index contributed by atoms with van der Waals surface area (Å²) in [5.74, 6) is -0.673. The third kappa shape index (κ3) is 2.72. The van der Waals surface area contributed by atoms with Crippen molar-refractivity contribution in [2.45, 2.75) is 25.1 Å². The molecular weight excluding hydrogens is 243 g/mol. The van der Waals surface area contributed by atoms with Gasteiger partial charge in [-0.1, -0.05) is 18.7 Å². The zero-order valence-corrected chi connectivity index (χ0v) is 9.55. The third-order valence-corrected chi connectivity index (χ3v) is 2.74. The van der Waals surface area contributed by atoms with E-state index in [0.717, 1.165) is 18.9 Å². The summed E-state index contributed by atoms with van der Waals surface area (Å²) >= 11 is 0. The third-order valence-electron chi connectivity index (χ3n) is 2.74. The van der Waals surface area contributed by atoms with Crippen molar-refractivity contribution in [2.24, 2.45) is 0 Å². The average Bonchev–Trinajstić information content (AvgIpc) is 3.10. The van der Waals surface area contributed by atoms with E-state index in [1.807, 2.05) is 0 Å². The van der Waals surface area contributed by atoms with Crippen LogP contribution in [0, 0.1) is 0 Å². The number of carbonyl (C=O) groups excluding carboxylic acids is 1. The maximum Gasteiger partial charge on any atom is 0.417 e. The van der Waals surface area contributed by atoms with Crippen molar-refractivity contribution in [2.75, 3.05) is 0 Å². The topological polar surface area (TPSA) is 29.1 Å². The molecular formula is C13H12F3NO. The molecule has 1 amide bonds. The molecule has 0 radical (unpaired) electrons. The van der Waals surface area contributed by atoms with E-state index in [1.54, 1.807) is 0 Å². The van der Waals surface area contributed by atoms with Gasteiger partial charge in [-0.05, 0) is 30.5 Å². The molecule has 0 aliphatic heterocycles. The zero-order valence-electron chi connectivity index (χ0n) is 9.55. The average molecular weight is 255 g/mol. The van der Waals surface area contributed by atoms with Gasteiger partial charge in [-0.25, -0.2) is 0 Å². The second-order valence-electron chi connectivity index (χ2n) is 4.25. The molecule has 1 aromatic carbocycles. The molecule has 1 fully saturated rings. The Labute approximate surface area is 102 Å². The summed E-state index contributed by atoms with van der Waals surface area (Å²) in [5.41, 5.74) is -0.762. The molecule has 96 valence electrons. The van der Waals surface area contributed by atoms with Gasteiger partial charge >= 0.3 is 6.18 Å². The van der Waals surface area contributed by atoms with Crippen LogP contribution in [0.3, 0.4) is 0 Å². The van der Waals surface area contributed by atoms with Crippen LogP contribution in [0.4, 0.5) is 13.2 Å². The van der Waals surface area contributed by atoms with Crippen LogP contribution < -0.4 is 5.32 Å². The van der Waals surface area contributed by atoms with Gasteiger partial charge in [0.2, 0.25) is 0 Å². The summed E-state index contributed by atoms with van der Waals surface area (Å²) in [6.07, 6.45) is -1.47. The van der Waals surface area contributed by atoms with Gasteiger partial charge in [-0.3, -0.25) is 4.79 Å². The van der Waals surface area contributed by atoms with Crippen LogP contribution >= 0.6 is 0 Å². The lowest BCUT2D eigenvalue weighted by molar-refractivity contribution is -0.137. The van der Waals surface area contributed by atoms with Crippen LogP contribution in [0.15, 0.2) is 24.8 Å². The van der Waals surface area contributed by atoms with Gasteiger partial charge in [-0.2, -0.15) is 13.2 Å². The van der Waals surface area contributed by atoms with Crippen molar-refractivity contribution in [1.82, 2.24) is 5.32 Å². The molecule has 1 N–H and O–H groups in total. The highest BCUT2D eigenvalue weighted by Crippen LogP contribution is 2.33. The predicted octanol–water partition coefficient (Wildman–Crippen LogP) is 3.24. The second kappa shape index (κ2) is 4.48. The van der Waals surface area contributed by atoms with Crippen molar-refractivity contribution in [1.29, 1.82) is 0 Å². The molecule has 0 heterocycles. The van der Waals surface area contributed by atoms with Gasteiger partial charge in [0.25, 0.3) is 5.91 Å². The number of halogens is 3. The summed E-state index contributed by atoms with van der Waals surface area (Å²) in [6, 6.07) is 3.45. The fourth-order valence-electron chi connectivity index (χ4n) is 1.61. The lowest BCUT2D eigenvalue weighted by Crippen LogP contribution is -2.28. The Morgan fingerprint density at radius 2 is 2.06 bits per heavy atom. The smallest absolute Gasteiger partial charge is 0.349 e. The molecule has 0 spiro atoms. The molecule has 18 heavy (non-hydrogen) atoms. The summed E-state index contributed by atoms with van der Waals surface area (Å²) in [4.78, 5) is 11.8. The largest absolute Gasteiger partial charge is 0.417 e. The molecule has 1 aliphatic rings. The Morgan fingerprint density at radius 1 is 1.39 bits per heavy atom. The number of alkyl halides is 3. The number of benzene rings is 1. The number of carbonyl (C=O) groups is 1. The fraction of sp³-hybridized carbons (Fsp3) is 0.308. The van der Waals surface area contributed by atoms with Crippen molar-refractivity contribution in [3.8, 4) is 0 Å². The molecule has 2 rings (SSSR count). The molecule has 0 bridgehead atoms. The highest BCUT2D eigenvalue weighted by molar-refractivity contribution is 5.96. The minimum atomic E-state index is -4.53. The van der Waals surface area contributed by atoms with Gasteiger partial charge in [0.05, 0.1) is 11.1 Å². The van der Waals surface area contributed by atoms with E-state index >= 15 is 0 Å². The summed E-state index contributed by atoms with van der Waals surface area (Å²) in [5, 5.41) is 2.56. The quantitative estimate of drug-likeness (QED) is 0.882. The number of nitrogens with one attached hydrogen (secondary N) is 1. The number of hydrogen-bond donors (Lipinski definition) is 1. The van der Waals surface area contributed by atoms with E-state index in [1.165, 1.54) is 18.2 Å². The standard InChI is InChI=1S/C13H12F3NO/c1-2-8-3-6-11(13(14,15)16)10(7-8)12(18)17-9-4-5-9/h2-3,6-7,9H,1,4-5H2,(H,17,18). The maximum atomic E-state index is 12.8. The lowest BCUT2D eigenvalue weighted by atomic mass is 10.0. The Balaban J connectivity index is 2.39. The summed E-state index contributed by atoms with van der Waals surface area (Å²) in [6.45, 7) is 3.48. The first-order valence-corrected chi connectivity index (χ1v) is 5.56. The SMILES string of the molecule is C=Cc1ccc(C(F)(F)F)c(C(=O)NC2CC2)c1. The summed E-state index contributed by atoms with van der Waals surface area (Å²) < 4.78 is 38.4. The molecule has 0 unspecified atom stereocenters. The second-order valence-corrected chi connectivity index (χ2v) is 4.25. The van der Waals surface area contributed by atoms with Gasteiger partial charge in [0, 0.05) is 6.04 Å². The molecule has 1 aliphatic carbocycles. The first-order chi connectivity index (χ1) is 8.41. The minimum absolute atomic E-state index is 0.0194. The first kappa shape index (κ1) is 12.7. The molecule has 2 nitrogen and oxygen atoms in total. The van der Waals surface area contributed by atoms with E-state index in [2.05, 4.69) is 11.9 Å². The van der Waals surface area contributed by atoms with Crippen LogP contribution in [0.2, 0.25) is 0 Å². The molecule has 1 saturated carbocycles. The Morgan fingerprint density at radius 3 is 2.56 bits per heavy atom. The molecule has 0 atom stereocenters. The van der Waals surface area contributed by atoms with Crippen molar-refractivity contribution >= 4 is 12.0 Å². The fourth-order valence-corrected chi connectivity index (χ4v) is 1.61. The lowest BCUT2D eigenvalue weighted by Gasteiger charge is -2.13. The van der Waals surface area contributed by atoms with E-state index in [-0.39, 0.29) is 11.6 Å². The molecule has 5 heteroatoms. The Bertz CT molecular complexity index is 489. The Hall–Kier alpha value is -1.78. The number of rotatable bonds is 3. The van der Waals surface area contributed by atoms with Crippen LogP contribution in [0.1, 0.15) is 34.3 Å². The van der Waals surface area contributed by atoms with Crippen LogP contribution in [0.25, 0.3) is 6.08 Å². The van der Waals surface area contributed by atoms with Gasteiger partial charge in [0.1, 0.15) is 0 Å². The minimum Gasteiger partial charge on any atom is -0.349 e. The van der Waals surface area contributed by atoms with Crippen molar-refractivity contribution in [3.63, 3.8) is 0 Å². The maximum absolute atomic E-state index is 12.8. The highest BCUT2D eigenvalue weighted by Gasteiger charge is 2.36. The van der Waals surface area contributed by atoms with Crippen LogP contribution in [0.5, 0.6) is 0 Å². The molecule has 1 aromatic rings. The Kier molecular flexibility index (Phi) is 3.15. The highest BCUT2D eigenvalue weighted by atomic mass is 19.4. The predicted molar refractivity (Wildman–Crippen MR) is 62.0 cm³/mol. The zero-order chi connectivity index (χ0) is 13.3.